The Morgan fingerprint density at radius 3 is 2.81 bits per heavy atom. The van der Waals surface area contributed by atoms with Crippen molar-refractivity contribution in [2.24, 2.45) is 0 Å². The van der Waals surface area contributed by atoms with Gasteiger partial charge in [0.1, 0.15) is 10.6 Å². The van der Waals surface area contributed by atoms with E-state index in [0.29, 0.717) is 15.7 Å². The zero-order valence-electron chi connectivity index (χ0n) is 15.1. The molecular weight excluding hydrogens is 382 g/mol. The molecule has 8 heteroatoms. The summed E-state index contributed by atoms with van der Waals surface area (Å²) in [6, 6.07) is 11.3. The van der Waals surface area contributed by atoms with Gasteiger partial charge in [-0.2, -0.15) is 10.2 Å². The minimum Gasteiger partial charge on any atom is -0.306 e. The number of rotatable bonds is 4. The Morgan fingerprint density at radius 1 is 1.26 bits per heavy atom. The first-order valence-electron chi connectivity index (χ1n) is 8.54. The van der Waals surface area contributed by atoms with Crippen LogP contribution >= 0.6 is 22.9 Å². The first-order valence-corrected chi connectivity index (χ1v) is 9.73. The van der Waals surface area contributed by atoms with Crippen LogP contribution in [0.3, 0.4) is 0 Å². The summed E-state index contributed by atoms with van der Waals surface area (Å²) in [6.07, 6.45) is 1.68. The Kier molecular flexibility index (Phi) is 4.49. The van der Waals surface area contributed by atoms with Crippen LogP contribution in [-0.4, -0.2) is 25.5 Å². The second kappa shape index (κ2) is 6.83. The number of amides is 1. The monoisotopic (exact) mass is 399 g/mol. The van der Waals surface area contributed by atoms with Crippen LogP contribution in [0.2, 0.25) is 5.02 Å². The molecule has 6 nitrogen and oxygen atoms in total. The van der Waals surface area contributed by atoms with E-state index in [-0.39, 0.29) is 11.9 Å². The number of hydrogen-bond donors (Lipinski definition) is 1. The van der Waals surface area contributed by atoms with Gasteiger partial charge in [-0.25, -0.2) is 9.36 Å². The van der Waals surface area contributed by atoms with Gasteiger partial charge in [-0.3, -0.25) is 4.79 Å². The molecule has 0 fully saturated rings. The molecule has 0 saturated heterocycles. The quantitative estimate of drug-likeness (QED) is 0.520. The number of carbonyl (C=O) groups is 1. The minimum atomic E-state index is -0.157. The molecule has 0 aliphatic heterocycles. The fourth-order valence-electron chi connectivity index (χ4n) is 2.94. The van der Waals surface area contributed by atoms with E-state index in [1.54, 1.807) is 16.9 Å². The van der Waals surface area contributed by atoms with Crippen molar-refractivity contribution >= 4 is 44.9 Å². The molecule has 0 atom stereocenters. The third kappa shape index (κ3) is 3.24. The predicted octanol–water partition coefficient (Wildman–Crippen LogP) is 5.08. The maximum Gasteiger partial charge on any atom is 0.266 e. The van der Waals surface area contributed by atoms with Gasteiger partial charge in [0.2, 0.25) is 0 Å². The van der Waals surface area contributed by atoms with E-state index in [1.165, 1.54) is 11.3 Å². The average Bonchev–Trinajstić information content (AvgIpc) is 3.31. The number of nitrogens with one attached hydrogen (secondary N) is 1. The van der Waals surface area contributed by atoms with Crippen molar-refractivity contribution in [3.63, 3.8) is 0 Å². The highest BCUT2D eigenvalue weighted by molar-refractivity contribution is 7.20. The number of thiophene rings is 1. The molecular formula is C19H18ClN5OS. The largest absolute Gasteiger partial charge is 0.306 e. The molecule has 1 aromatic carbocycles. The summed E-state index contributed by atoms with van der Waals surface area (Å²) >= 11 is 7.52. The summed E-state index contributed by atoms with van der Waals surface area (Å²) in [5, 5.41) is 13.4. The van der Waals surface area contributed by atoms with Crippen LogP contribution in [0.1, 0.15) is 35.3 Å². The Bertz CT molecular complexity index is 1140. The smallest absolute Gasteiger partial charge is 0.266 e. The number of nitrogens with zero attached hydrogens (tertiary/aromatic N) is 4. The van der Waals surface area contributed by atoms with E-state index < -0.39 is 0 Å². The van der Waals surface area contributed by atoms with Crippen molar-refractivity contribution in [3.8, 4) is 5.69 Å². The molecule has 3 heterocycles. The van der Waals surface area contributed by atoms with Crippen molar-refractivity contribution < 1.29 is 4.79 Å². The molecule has 0 saturated carbocycles. The molecule has 138 valence electrons. The van der Waals surface area contributed by atoms with E-state index in [9.17, 15) is 4.79 Å². The summed E-state index contributed by atoms with van der Waals surface area (Å²) in [7, 11) is 0. The summed E-state index contributed by atoms with van der Waals surface area (Å²) in [5.41, 5.74) is 1.74. The molecule has 3 aromatic heterocycles. The number of aryl methyl sites for hydroxylation is 1. The number of aromatic nitrogens is 4. The zero-order chi connectivity index (χ0) is 19.1. The second-order valence-electron chi connectivity index (χ2n) is 6.52. The highest BCUT2D eigenvalue weighted by Gasteiger charge is 2.18. The van der Waals surface area contributed by atoms with Crippen LogP contribution in [0.15, 0.2) is 42.6 Å². The fourth-order valence-corrected chi connectivity index (χ4v) is 4.21. The van der Waals surface area contributed by atoms with E-state index >= 15 is 0 Å². The van der Waals surface area contributed by atoms with E-state index in [2.05, 4.69) is 15.5 Å². The van der Waals surface area contributed by atoms with Gasteiger partial charge in [0, 0.05) is 22.5 Å². The van der Waals surface area contributed by atoms with Gasteiger partial charge in [-0.05, 0) is 45.0 Å². The molecule has 0 spiro atoms. The van der Waals surface area contributed by atoms with Crippen molar-refractivity contribution in [3.05, 3.63) is 58.2 Å². The van der Waals surface area contributed by atoms with E-state index in [0.717, 1.165) is 21.6 Å². The molecule has 4 aromatic rings. The summed E-state index contributed by atoms with van der Waals surface area (Å²) in [5.74, 6) is 0.524. The average molecular weight is 400 g/mol. The molecule has 0 bridgehead atoms. The van der Waals surface area contributed by atoms with E-state index in [1.807, 2.05) is 55.8 Å². The Labute approximate surface area is 165 Å². The normalized spacial score (nSPS) is 11.4. The lowest BCUT2D eigenvalue weighted by atomic mass is 10.3. The SMILES string of the molecule is Cc1nn(-c2cccc(Cl)c2)c2sc(C(=O)Nc3ccnn3C(C)C)cc12. The van der Waals surface area contributed by atoms with Gasteiger partial charge in [0.15, 0.2) is 0 Å². The Hall–Kier alpha value is -2.64. The molecule has 0 aliphatic carbocycles. The zero-order valence-corrected chi connectivity index (χ0v) is 16.7. The topological polar surface area (TPSA) is 64.7 Å². The lowest BCUT2D eigenvalue weighted by molar-refractivity contribution is 0.102. The van der Waals surface area contributed by atoms with Crippen LogP contribution in [0.5, 0.6) is 0 Å². The van der Waals surface area contributed by atoms with Gasteiger partial charge in [0.05, 0.1) is 22.5 Å². The molecule has 4 rings (SSSR count). The van der Waals surface area contributed by atoms with Crippen LogP contribution in [0.25, 0.3) is 15.9 Å². The Morgan fingerprint density at radius 2 is 2.07 bits per heavy atom. The van der Waals surface area contributed by atoms with E-state index in [4.69, 9.17) is 11.6 Å². The number of halogens is 1. The standard InChI is InChI=1S/C19H18ClN5OS/c1-11(2)24-17(7-8-21-24)22-18(26)16-10-15-12(3)23-25(19(15)27-16)14-6-4-5-13(20)9-14/h4-11H,1-3H3,(H,22,26). The van der Waals surface area contributed by atoms with Gasteiger partial charge in [-0.15, -0.1) is 11.3 Å². The maximum atomic E-state index is 12.8. The highest BCUT2D eigenvalue weighted by Crippen LogP contribution is 2.31. The lowest BCUT2D eigenvalue weighted by Crippen LogP contribution is -2.15. The van der Waals surface area contributed by atoms with Gasteiger partial charge in [-0.1, -0.05) is 17.7 Å². The highest BCUT2D eigenvalue weighted by atomic mass is 35.5. The number of carbonyl (C=O) groups excluding carboxylic acids is 1. The minimum absolute atomic E-state index is 0.157. The number of anilines is 1. The van der Waals surface area contributed by atoms with Crippen LogP contribution in [0, 0.1) is 6.92 Å². The molecule has 27 heavy (non-hydrogen) atoms. The van der Waals surface area contributed by atoms with Crippen LogP contribution in [0.4, 0.5) is 5.82 Å². The van der Waals surface area contributed by atoms with Crippen molar-refractivity contribution in [2.75, 3.05) is 5.32 Å². The predicted molar refractivity (Wildman–Crippen MR) is 109 cm³/mol. The van der Waals surface area contributed by atoms with Crippen molar-refractivity contribution in [1.29, 1.82) is 0 Å². The van der Waals surface area contributed by atoms with Crippen LogP contribution < -0.4 is 5.32 Å². The van der Waals surface area contributed by atoms with Crippen molar-refractivity contribution in [2.45, 2.75) is 26.8 Å². The molecule has 1 N–H and O–H groups in total. The lowest BCUT2D eigenvalue weighted by Gasteiger charge is -2.11. The molecule has 0 radical (unpaired) electrons. The fraction of sp³-hybridized carbons (Fsp3) is 0.211. The summed E-state index contributed by atoms with van der Waals surface area (Å²) in [6.45, 7) is 5.97. The summed E-state index contributed by atoms with van der Waals surface area (Å²) in [4.78, 5) is 14.3. The van der Waals surface area contributed by atoms with Gasteiger partial charge in [0.25, 0.3) is 5.91 Å². The third-order valence-corrected chi connectivity index (χ3v) is 5.57. The number of hydrogen-bond acceptors (Lipinski definition) is 4. The third-order valence-electron chi connectivity index (χ3n) is 4.22. The first-order chi connectivity index (χ1) is 12.9. The van der Waals surface area contributed by atoms with Gasteiger partial charge >= 0.3 is 0 Å². The van der Waals surface area contributed by atoms with Gasteiger partial charge < -0.3 is 5.32 Å². The summed E-state index contributed by atoms with van der Waals surface area (Å²) < 4.78 is 3.61. The molecule has 1 amide bonds. The van der Waals surface area contributed by atoms with Crippen molar-refractivity contribution in [1.82, 2.24) is 19.6 Å². The maximum absolute atomic E-state index is 12.8. The Balaban J connectivity index is 1.70. The first kappa shape index (κ1) is 17.8. The molecule has 0 unspecified atom stereocenters. The second-order valence-corrected chi connectivity index (χ2v) is 7.98. The number of fused-ring (bicyclic) bond motifs is 1. The number of benzene rings is 1. The molecule has 0 aliphatic rings. The van der Waals surface area contributed by atoms with Crippen LogP contribution in [-0.2, 0) is 0 Å².